The zero-order valence-corrected chi connectivity index (χ0v) is 15.3. The minimum atomic E-state index is -0.412. The third kappa shape index (κ3) is 6.38. The van der Waals surface area contributed by atoms with E-state index < -0.39 is 5.91 Å². The highest BCUT2D eigenvalue weighted by Gasteiger charge is 2.21. The SMILES string of the molecule is COc1cccc(NC(=O)CN(C)C(=O)COC(=O)CC2CCCC2)c1. The Kier molecular flexibility index (Phi) is 7.44. The predicted octanol–water partition coefficient (Wildman–Crippen LogP) is 2.22. The maximum atomic E-state index is 12.0. The summed E-state index contributed by atoms with van der Waals surface area (Å²) < 4.78 is 10.1. The lowest BCUT2D eigenvalue weighted by atomic mass is 10.1. The number of carbonyl (C=O) groups is 3. The molecule has 1 aliphatic rings. The van der Waals surface area contributed by atoms with Crippen LogP contribution in [-0.4, -0.2) is 50.0 Å². The van der Waals surface area contributed by atoms with E-state index in [0.717, 1.165) is 25.7 Å². The van der Waals surface area contributed by atoms with Gasteiger partial charge in [0.25, 0.3) is 5.91 Å². The van der Waals surface area contributed by atoms with E-state index in [2.05, 4.69) is 5.32 Å². The molecule has 2 rings (SSSR count). The van der Waals surface area contributed by atoms with Crippen LogP contribution in [0.15, 0.2) is 24.3 Å². The van der Waals surface area contributed by atoms with Crippen LogP contribution in [0.4, 0.5) is 5.69 Å². The van der Waals surface area contributed by atoms with Crippen molar-refractivity contribution in [3.63, 3.8) is 0 Å². The predicted molar refractivity (Wildman–Crippen MR) is 96.8 cm³/mol. The molecular formula is C19H26N2O5. The van der Waals surface area contributed by atoms with Gasteiger partial charge in [0.05, 0.1) is 13.7 Å². The summed E-state index contributed by atoms with van der Waals surface area (Å²) in [6.45, 7) is -0.468. The zero-order valence-electron chi connectivity index (χ0n) is 15.3. The Morgan fingerprint density at radius 1 is 1.23 bits per heavy atom. The summed E-state index contributed by atoms with van der Waals surface area (Å²) in [6, 6.07) is 6.94. The van der Waals surface area contributed by atoms with Crippen molar-refractivity contribution in [3.8, 4) is 5.75 Å². The second kappa shape index (κ2) is 9.79. The summed E-state index contributed by atoms with van der Waals surface area (Å²) in [6.07, 6.45) is 4.78. The summed E-state index contributed by atoms with van der Waals surface area (Å²) in [5.41, 5.74) is 0.582. The van der Waals surface area contributed by atoms with Crippen LogP contribution in [0.3, 0.4) is 0 Å². The minimum Gasteiger partial charge on any atom is -0.497 e. The second-order valence-electron chi connectivity index (χ2n) is 6.55. The average Bonchev–Trinajstić information content (AvgIpc) is 3.12. The number of rotatable bonds is 8. The number of nitrogens with one attached hydrogen (secondary N) is 1. The van der Waals surface area contributed by atoms with Gasteiger partial charge in [-0.15, -0.1) is 0 Å². The molecule has 7 heteroatoms. The topological polar surface area (TPSA) is 84.9 Å². The Bertz CT molecular complexity index is 641. The van der Waals surface area contributed by atoms with Crippen molar-refractivity contribution < 1.29 is 23.9 Å². The van der Waals surface area contributed by atoms with Gasteiger partial charge in [-0.05, 0) is 30.9 Å². The molecule has 26 heavy (non-hydrogen) atoms. The van der Waals surface area contributed by atoms with Gasteiger partial charge in [-0.3, -0.25) is 14.4 Å². The maximum absolute atomic E-state index is 12.0. The molecule has 0 spiro atoms. The minimum absolute atomic E-state index is 0.129. The highest BCUT2D eigenvalue weighted by atomic mass is 16.5. The van der Waals surface area contributed by atoms with Crippen LogP contribution in [0.2, 0.25) is 0 Å². The molecule has 1 saturated carbocycles. The van der Waals surface area contributed by atoms with Crippen molar-refractivity contribution in [2.24, 2.45) is 5.92 Å². The number of likely N-dealkylation sites (N-methyl/N-ethyl adjacent to an activating group) is 1. The van der Waals surface area contributed by atoms with Gasteiger partial charge >= 0.3 is 5.97 Å². The molecule has 0 radical (unpaired) electrons. The summed E-state index contributed by atoms with van der Waals surface area (Å²) in [5, 5.41) is 2.69. The third-order valence-electron chi connectivity index (χ3n) is 4.45. The highest BCUT2D eigenvalue weighted by Crippen LogP contribution is 2.27. The smallest absolute Gasteiger partial charge is 0.306 e. The number of methoxy groups -OCH3 is 1. The Morgan fingerprint density at radius 2 is 1.96 bits per heavy atom. The van der Waals surface area contributed by atoms with E-state index in [9.17, 15) is 14.4 Å². The zero-order chi connectivity index (χ0) is 18.9. The maximum Gasteiger partial charge on any atom is 0.306 e. The summed E-state index contributed by atoms with van der Waals surface area (Å²) in [4.78, 5) is 37.1. The monoisotopic (exact) mass is 362 g/mol. The number of hydrogen-bond acceptors (Lipinski definition) is 5. The van der Waals surface area contributed by atoms with Crippen molar-refractivity contribution in [2.45, 2.75) is 32.1 Å². The lowest BCUT2D eigenvalue weighted by Gasteiger charge is -2.17. The Morgan fingerprint density at radius 3 is 2.65 bits per heavy atom. The Labute approximate surface area is 153 Å². The standard InChI is InChI=1S/C19H26N2O5/c1-21(12-17(22)20-15-8-5-9-16(11-15)25-2)18(23)13-26-19(24)10-14-6-3-4-7-14/h5,8-9,11,14H,3-4,6-7,10,12-13H2,1-2H3,(H,20,22). The van der Waals surface area contributed by atoms with E-state index in [4.69, 9.17) is 9.47 Å². The molecule has 1 aromatic carbocycles. The highest BCUT2D eigenvalue weighted by molar-refractivity contribution is 5.94. The molecule has 1 fully saturated rings. The molecule has 1 aromatic rings. The fourth-order valence-corrected chi connectivity index (χ4v) is 2.97. The van der Waals surface area contributed by atoms with Crippen molar-refractivity contribution in [1.29, 1.82) is 0 Å². The van der Waals surface area contributed by atoms with Crippen LogP contribution in [0.5, 0.6) is 5.75 Å². The number of esters is 1. The summed E-state index contributed by atoms with van der Waals surface area (Å²) in [5.74, 6) is -0.0955. The number of nitrogens with zero attached hydrogens (tertiary/aromatic N) is 1. The van der Waals surface area contributed by atoms with Crippen molar-refractivity contribution in [1.82, 2.24) is 4.90 Å². The Balaban J connectivity index is 1.71. The summed E-state index contributed by atoms with van der Waals surface area (Å²) >= 11 is 0. The number of carbonyl (C=O) groups excluding carboxylic acids is 3. The molecule has 0 aromatic heterocycles. The van der Waals surface area contributed by atoms with Gasteiger partial charge in [0, 0.05) is 25.2 Å². The van der Waals surface area contributed by atoms with Crippen LogP contribution >= 0.6 is 0 Å². The number of hydrogen-bond donors (Lipinski definition) is 1. The summed E-state index contributed by atoms with van der Waals surface area (Å²) in [7, 11) is 3.04. The van der Waals surface area contributed by atoms with E-state index in [1.54, 1.807) is 31.4 Å². The largest absolute Gasteiger partial charge is 0.497 e. The number of benzene rings is 1. The van der Waals surface area contributed by atoms with Crippen LogP contribution in [0, 0.1) is 5.92 Å². The van der Waals surface area contributed by atoms with Crippen LogP contribution in [-0.2, 0) is 19.1 Å². The molecule has 1 aliphatic carbocycles. The van der Waals surface area contributed by atoms with Gasteiger partial charge in [0.2, 0.25) is 5.91 Å². The number of amides is 2. The lowest BCUT2D eigenvalue weighted by molar-refractivity contribution is -0.152. The van der Waals surface area contributed by atoms with Gasteiger partial charge in [0.1, 0.15) is 5.75 Å². The third-order valence-corrected chi connectivity index (χ3v) is 4.45. The first kappa shape index (κ1) is 19.8. The first-order valence-corrected chi connectivity index (χ1v) is 8.81. The molecule has 2 amide bonds. The average molecular weight is 362 g/mol. The molecule has 0 atom stereocenters. The van der Waals surface area contributed by atoms with Crippen LogP contribution < -0.4 is 10.1 Å². The number of ether oxygens (including phenoxy) is 2. The van der Waals surface area contributed by atoms with Gasteiger partial charge in [0.15, 0.2) is 6.61 Å². The molecular weight excluding hydrogens is 336 g/mol. The molecule has 1 N–H and O–H groups in total. The van der Waals surface area contributed by atoms with Gasteiger partial charge in [-0.25, -0.2) is 0 Å². The Hall–Kier alpha value is -2.57. The normalized spacial score (nSPS) is 13.9. The molecule has 0 aliphatic heterocycles. The fraction of sp³-hybridized carbons (Fsp3) is 0.526. The van der Waals surface area contributed by atoms with Gasteiger partial charge < -0.3 is 19.7 Å². The van der Waals surface area contributed by atoms with E-state index >= 15 is 0 Å². The molecule has 0 unspecified atom stereocenters. The first-order valence-electron chi connectivity index (χ1n) is 8.81. The quantitative estimate of drug-likeness (QED) is 0.717. The van der Waals surface area contributed by atoms with Gasteiger partial charge in [-0.1, -0.05) is 18.9 Å². The molecule has 142 valence electrons. The fourth-order valence-electron chi connectivity index (χ4n) is 2.97. The molecule has 0 bridgehead atoms. The first-order chi connectivity index (χ1) is 12.5. The second-order valence-corrected chi connectivity index (χ2v) is 6.55. The molecule has 0 saturated heterocycles. The lowest BCUT2D eigenvalue weighted by Crippen LogP contribution is -2.37. The molecule has 0 heterocycles. The van der Waals surface area contributed by atoms with Gasteiger partial charge in [-0.2, -0.15) is 0 Å². The van der Waals surface area contributed by atoms with E-state index in [1.165, 1.54) is 11.9 Å². The van der Waals surface area contributed by atoms with Crippen LogP contribution in [0.1, 0.15) is 32.1 Å². The number of anilines is 1. The molecule has 7 nitrogen and oxygen atoms in total. The van der Waals surface area contributed by atoms with Crippen molar-refractivity contribution in [3.05, 3.63) is 24.3 Å². The van der Waals surface area contributed by atoms with Crippen molar-refractivity contribution >= 4 is 23.5 Å². The van der Waals surface area contributed by atoms with E-state index in [1.807, 2.05) is 0 Å². The van der Waals surface area contributed by atoms with E-state index in [-0.39, 0.29) is 25.0 Å². The van der Waals surface area contributed by atoms with Crippen molar-refractivity contribution in [2.75, 3.05) is 32.6 Å². The van der Waals surface area contributed by atoms with Crippen LogP contribution in [0.25, 0.3) is 0 Å². The van der Waals surface area contributed by atoms with E-state index in [0.29, 0.717) is 23.8 Å².